The van der Waals surface area contributed by atoms with E-state index in [1.54, 1.807) is 11.3 Å². The number of carbonyl (C=O) groups excluding carboxylic acids is 1. The van der Waals surface area contributed by atoms with Crippen LogP contribution in [0.3, 0.4) is 0 Å². The van der Waals surface area contributed by atoms with Crippen molar-refractivity contribution in [3.05, 3.63) is 16.1 Å². The molecule has 6 heteroatoms. The molecular weight excluding hydrogens is 342 g/mol. The molecule has 2 heterocycles. The summed E-state index contributed by atoms with van der Waals surface area (Å²) in [6, 6.07) is 0. The number of carbonyl (C=O) groups is 1. The molecule has 0 radical (unpaired) electrons. The van der Waals surface area contributed by atoms with Crippen LogP contribution in [0.2, 0.25) is 0 Å². The van der Waals surface area contributed by atoms with Crippen LogP contribution < -0.4 is 5.73 Å². The van der Waals surface area contributed by atoms with Gasteiger partial charge in [0.1, 0.15) is 0 Å². The zero-order valence-electron chi connectivity index (χ0n) is 15.6. The number of piperidine rings is 1. The maximum Gasteiger partial charge on any atom is 0.242 e. The lowest BCUT2D eigenvalue weighted by Crippen LogP contribution is -2.54. The first-order valence-corrected chi connectivity index (χ1v) is 9.57. The predicted octanol–water partition coefficient (Wildman–Crippen LogP) is 4.09. The Hall–Kier alpha value is -0.650. The molecule has 1 aliphatic rings. The summed E-state index contributed by atoms with van der Waals surface area (Å²) >= 11 is 1.77. The van der Waals surface area contributed by atoms with E-state index in [9.17, 15) is 4.79 Å². The average Bonchev–Trinajstić information content (AvgIpc) is 2.96. The van der Waals surface area contributed by atoms with Gasteiger partial charge in [-0.05, 0) is 26.2 Å². The molecule has 1 amide bonds. The summed E-state index contributed by atoms with van der Waals surface area (Å²) in [5, 5.41) is 3.41. The standard InChI is InChI=1S/C18H31N3OS.ClH/c1-6-9-18(5,19)16(22)21-10-7-13(8-11-21)15-20-14(12-23-15)17(2,3)4;/h12-13H,6-11,19H2,1-5H3;1H. The van der Waals surface area contributed by atoms with E-state index in [2.05, 4.69) is 33.1 Å². The second-order valence-corrected chi connectivity index (χ2v) is 8.94. The van der Waals surface area contributed by atoms with Crippen molar-refractivity contribution in [2.45, 2.75) is 77.2 Å². The van der Waals surface area contributed by atoms with E-state index in [0.29, 0.717) is 5.92 Å². The lowest BCUT2D eigenvalue weighted by molar-refractivity contribution is -0.137. The van der Waals surface area contributed by atoms with Gasteiger partial charge in [0.25, 0.3) is 0 Å². The summed E-state index contributed by atoms with van der Waals surface area (Å²) in [6.45, 7) is 12.1. The SMILES string of the molecule is CCCC(C)(N)C(=O)N1CCC(c2nc(C(C)(C)C)cs2)CC1.Cl. The molecule has 1 aromatic heterocycles. The van der Waals surface area contributed by atoms with Crippen molar-refractivity contribution in [1.82, 2.24) is 9.88 Å². The van der Waals surface area contributed by atoms with Gasteiger partial charge in [-0.2, -0.15) is 0 Å². The van der Waals surface area contributed by atoms with Crippen molar-refractivity contribution in [2.24, 2.45) is 5.73 Å². The highest BCUT2D eigenvalue weighted by atomic mass is 35.5. The molecule has 1 unspecified atom stereocenters. The molecule has 0 spiro atoms. The van der Waals surface area contributed by atoms with Crippen molar-refractivity contribution >= 4 is 29.7 Å². The number of aromatic nitrogens is 1. The van der Waals surface area contributed by atoms with Crippen LogP contribution in [0.1, 0.15) is 76.9 Å². The molecule has 0 aliphatic carbocycles. The number of likely N-dealkylation sites (tertiary alicyclic amines) is 1. The van der Waals surface area contributed by atoms with Gasteiger partial charge in [0.2, 0.25) is 5.91 Å². The van der Waals surface area contributed by atoms with E-state index in [1.807, 2.05) is 11.8 Å². The van der Waals surface area contributed by atoms with Crippen molar-refractivity contribution in [3.63, 3.8) is 0 Å². The number of amides is 1. The minimum atomic E-state index is -0.720. The second-order valence-electron chi connectivity index (χ2n) is 8.05. The first-order valence-electron chi connectivity index (χ1n) is 8.69. The number of hydrogen-bond donors (Lipinski definition) is 1. The first-order chi connectivity index (χ1) is 10.6. The molecule has 1 fully saturated rings. The summed E-state index contributed by atoms with van der Waals surface area (Å²) in [7, 11) is 0. The van der Waals surface area contributed by atoms with Crippen molar-refractivity contribution in [2.75, 3.05) is 13.1 Å². The van der Waals surface area contributed by atoms with Crippen molar-refractivity contribution in [3.8, 4) is 0 Å². The minimum absolute atomic E-state index is 0. The Kier molecular flexibility index (Phi) is 7.27. The largest absolute Gasteiger partial charge is 0.341 e. The number of thiazole rings is 1. The van der Waals surface area contributed by atoms with Gasteiger partial charge in [-0.1, -0.05) is 34.1 Å². The van der Waals surface area contributed by atoms with Gasteiger partial charge in [0.15, 0.2) is 0 Å². The van der Waals surface area contributed by atoms with Crippen LogP contribution in [0.5, 0.6) is 0 Å². The number of hydrogen-bond acceptors (Lipinski definition) is 4. The van der Waals surface area contributed by atoms with E-state index in [4.69, 9.17) is 10.7 Å². The van der Waals surface area contributed by atoms with Gasteiger partial charge in [0, 0.05) is 29.8 Å². The number of nitrogens with zero attached hydrogens (tertiary/aromatic N) is 2. The maximum absolute atomic E-state index is 12.6. The smallest absolute Gasteiger partial charge is 0.242 e. The highest BCUT2D eigenvalue weighted by Crippen LogP contribution is 2.33. The van der Waals surface area contributed by atoms with E-state index in [1.165, 1.54) is 10.7 Å². The summed E-state index contributed by atoms with van der Waals surface area (Å²) in [5.41, 5.74) is 6.76. The Morgan fingerprint density at radius 3 is 2.38 bits per heavy atom. The quantitative estimate of drug-likeness (QED) is 0.864. The molecule has 138 valence electrons. The van der Waals surface area contributed by atoms with Gasteiger partial charge >= 0.3 is 0 Å². The predicted molar refractivity (Wildman–Crippen MR) is 104 cm³/mol. The third-order valence-electron chi connectivity index (χ3n) is 4.68. The van der Waals surface area contributed by atoms with Crippen molar-refractivity contribution < 1.29 is 4.79 Å². The number of nitrogens with two attached hydrogens (primary N) is 1. The van der Waals surface area contributed by atoms with E-state index >= 15 is 0 Å². The van der Waals surface area contributed by atoms with Crippen LogP contribution in [0.15, 0.2) is 5.38 Å². The summed E-state index contributed by atoms with van der Waals surface area (Å²) in [5.74, 6) is 0.586. The molecule has 1 atom stereocenters. The van der Waals surface area contributed by atoms with Crippen LogP contribution in [-0.4, -0.2) is 34.4 Å². The Morgan fingerprint density at radius 2 is 1.92 bits per heavy atom. The fourth-order valence-electron chi connectivity index (χ4n) is 3.14. The summed E-state index contributed by atoms with van der Waals surface area (Å²) in [6.07, 6.45) is 3.66. The third kappa shape index (κ3) is 4.93. The van der Waals surface area contributed by atoms with Crippen LogP contribution in [0.25, 0.3) is 0 Å². The molecule has 2 rings (SSSR count). The molecule has 1 aromatic rings. The van der Waals surface area contributed by atoms with Crippen LogP contribution in [-0.2, 0) is 10.2 Å². The molecule has 24 heavy (non-hydrogen) atoms. The fraction of sp³-hybridized carbons (Fsp3) is 0.778. The van der Waals surface area contributed by atoms with Gasteiger partial charge in [-0.3, -0.25) is 4.79 Å². The van der Waals surface area contributed by atoms with E-state index < -0.39 is 5.54 Å². The summed E-state index contributed by atoms with van der Waals surface area (Å²) in [4.78, 5) is 19.4. The van der Waals surface area contributed by atoms with Crippen molar-refractivity contribution in [1.29, 1.82) is 0 Å². The monoisotopic (exact) mass is 373 g/mol. The first kappa shape index (κ1) is 21.4. The second kappa shape index (κ2) is 8.15. The van der Waals surface area contributed by atoms with Gasteiger partial charge in [-0.25, -0.2) is 4.98 Å². The Balaban J connectivity index is 0.00000288. The number of rotatable bonds is 4. The molecule has 1 saturated heterocycles. The van der Waals surface area contributed by atoms with Crippen LogP contribution >= 0.6 is 23.7 Å². The third-order valence-corrected chi connectivity index (χ3v) is 5.69. The molecule has 0 saturated carbocycles. The molecule has 0 bridgehead atoms. The zero-order valence-corrected chi connectivity index (χ0v) is 17.2. The molecule has 0 aromatic carbocycles. The average molecular weight is 374 g/mol. The van der Waals surface area contributed by atoms with Gasteiger partial charge in [0.05, 0.1) is 16.2 Å². The molecule has 1 aliphatic heterocycles. The highest BCUT2D eigenvalue weighted by molar-refractivity contribution is 7.09. The van der Waals surface area contributed by atoms with Crippen LogP contribution in [0.4, 0.5) is 0 Å². The maximum atomic E-state index is 12.6. The lowest BCUT2D eigenvalue weighted by Gasteiger charge is -2.36. The van der Waals surface area contributed by atoms with E-state index in [0.717, 1.165) is 38.8 Å². The summed E-state index contributed by atoms with van der Waals surface area (Å²) < 4.78 is 0. The van der Waals surface area contributed by atoms with E-state index in [-0.39, 0.29) is 23.7 Å². The normalized spacial score (nSPS) is 18.8. The fourth-order valence-corrected chi connectivity index (χ4v) is 4.35. The molecule has 2 N–H and O–H groups in total. The molecule has 4 nitrogen and oxygen atoms in total. The topological polar surface area (TPSA) is 59.2 Å². The van der Waals surface area contributed by atoms with Gasteiger partial charge < -0.3 is 10.6 Å². The zero-order chi connectivity index (χ0) is 17.3. The lowest BCUT2D eigenvalue weighted by atomic mass is 9.91. The van der Waals surface area contributed by atoms with Gasteiger partial charge in [-0.15, -0.1) is 23.7 Å². The number of halogens is 1. The van der Waals surface area contributed by atoms with Crippen LogP contribution in [0, 0.1) is 0 Å². The Labute approximate surface area is 156 Å². The molecular formula is C18H32ClN3OS. The minimum Gasteiger partial charge on any atom is -0.341 e. The highest BCUT2D eigenvalue weighted by Gasteiger charge is 2.34. The Morgan fingerprint density at radius 1 is 1.33 bits per heavy atom. The Bertz CT molecular complexity index is 543.